The molecule has 6 nitrogen and oxygen atoms in total. The number of hydrogen-bond donors (Lipinski definition) is 0. The van der Waals surface area contributed by atoms with Crippen molar-refractivity contribution in [3.63, 3.8) is 0 Å². The number of hydrogen-bond acceptors (Lipinski definition) is 6. The SMILES string of the molecule is CCOC1OC2CN(C)C3CC(OC)C=CC23c2cc3c(cc21)OCO3. The molecule has 3 aliphatic heterocycles. The summed E-state index contributed by atoms with van der Waals surface area (Å²) >= 11 is 0. The number of nitrogens with zero attached hydrogens (tertiary/aromatic N) is 1. The summed E-state index contributed by atoms with van der Waals surface area (Å²) in [6, 6.07) is 4.49. The summed E-state index contributed by atoms with van der Waals surface area (Å²) in [5.41, 5.74) is 2.07. The van der Waals surface area contributed by atoms with Crippen molar-refractivity contribution in [1.82, 2.24) is 4.90 Å². The smallest absolute Gasteiger partial charge is 0.231 e. The second-order valence-electron chi connectivity index (χ2n) is 7.46. The van der Waals surface area contributed by atoms with E-state index in [0.29, 0.717) is 12.6 Å². The number of fused-ring (bicyclic) bond motifs is 2. The van der Waals surface area contributed by atoms with Gasteiger partial charge in [0.05, 0.1) is 17.6 Å². The topological polar surface area (TPSA) is 49.4 Å². The minimum Gasteiger partial charge on any atom is -0.454 e. The van der Waals surface area contributed by atoms with Crippen LogP contribution in [0.4, 0.5) is 0 Å². The number of ether oxygens (including phenoxy) is 5. The summed E-state index contributed by atoms with van der Waals surface area (Å²) in [6.45, 7) is 3.72. The highest BCUT2D eigenvalue weighted by molar-refractivity contribution is 5.56. The third-order valence-electron chi connectivity index (χ3n) is 6.29. The monoisotopic (exact) mass is 359 g/mol. The second kappa shape index (κ2) is 5.96. The molecular weight excluding hydrogens is 334 g/mol. The van der Waals surface area contributed by atoms with E-state index in [1.165, 1.54) is 5.56 Å². The zero-order chi connectivity index (χ0) is 17.9. The van der Waals surface area contributed by atoms with Gasteiger partial charge in [0.15, 0.2) is 17.8 Å². The molecular formula is C20H25NO5. The number of likely N-dealkylation sites (tertiary alicyclic amines) is 1. The van der Waals surface area contributed by atoms with Crippen molar-refractivity contribution in [2.24, 2.45) is 0 Å². The lowest BCUT2D eigenvalue weighted by Crippen LogP contribution is -2.52. The van der Waals surface area contributed by atoms with Crippen LogP contribution in [0.3, 0.4) is 0 Å². The van der Waals surface area contributed by atoms with Crippen molar-refractivity contribution in [3.05, 3.63) is 35.4 Å². The minimum atomic E-state index is -0.374. The van der Waals surface area contributed by atoms with Gasteiger partial charge in [-0.3, -0.25) is 4.90 Å². The largest absolute Gasteiger partial charge is 0.454 e. The van der Waals surface area contributed by atoms with E-state index >= 15 is 0 Å². The van der Waals surface area contributed by atoms with Gasteiger partial charge >= 0.3 is 0 Å². The van der Waals surface area contributed by atoms with Gasteiger partial charge in [0, 0.05) is 31.9 Å². The maximum atomic E-state index is 6.48. The van der Waals surface area contributed by atoms with E-state index < -0.39 is 0 Å². The molecule has 0 radical (unpaired) electrons. The Hall–Kier alpha value is -1.60. The van der Waals surface area contributed by atoms with Gasteiger partial charge in [-0.2, -0.15) is 0 Å². The van der Waals surface area contributed by atoms with Crippen molar-refractivity contribution < 1.29 is 23.7 Å². The molecule has 5 unspecified atom stereocenters. The molecule has 1 fully saturated rings. The molecule has 4 aliphatic rings. The molecule has 3 heterocycles. The number of likely N-dealkylation sites (N-methyl/N-ethyl adjacent to an activating group) is 1. The van der Waals surface area contributed by atoms with Gasteiger partial charge in [0.1, 0.15) is 0 Å². The molecule has 1 aliphatic carbocycles. The first-order chi connectivity index (χ1) is 12.7. The van der Waals surface area contributed by atoms with Gasteiger partial charge in [-0.1, -0.05) is 12.2 Å². The van der Waals surface area contributed by atoms with Gasteiger partial charge in [-0.05, 0) is 38.1 Å². The fourth-order valence-corrected chi connectivity index (χ4v) is 5.08. The molecule has 0 bridgehead atoms. The maximum absolute atomic E-state index is 6.48. The van der Waals surface area contributed by atoms with Crippen LogP contribution in [0.15, 0.2) is 24.3 Å². The second-order valence-corrected chi connectivity index (χ2v) is 7.46. The van der Waals surface area contributed by atoms with Gasteiger partial charge in [0.25, 0.3) is 0 Å². The standard InChI is InChI=1S/C20H25NO5/c1-4-23-19-13-8-15-16(25-11-24-15)9-14(13)20-6-5-12(22-3)7-17(20)21(2)10-18(20)26-19/h5-6,8-9,12,17-19H,4,7,10-11H2,1-3H3. The summed E-state index contributed by atoms with van der Waals surface area (Å²) in [5.74, 6) is 1.58. The molecule has 0 saturated carbocycles. The summed E-state index contributed by atoms with van der Waals surface area (Å²) in [5, 5.41) is 0. The van der Waals surface area contributed by atoms with E-state index in [1.807, 2.05) is 13.0 Å². The van der Waals surface area contributed by atoms with Crippen molar-refractivity contribution in [3.8, 4) is 11.5 Å². The molecule has 1 aromatic carbocycles. The first-order valence-electron chi connectivity index (χ1n) is 9.30. The highest BCUT2D eigenvalue weighted by atomic mass is 16.7. The third-order valence-corrected chi connectivity index (χ3v) is 6.29. The summed E-state index contributed by atoms with van der Waals surface area (Å²) in [7, 11) is 3.94. The van der Waals surface area contributed by atoms with Crippen molar-refractivity contribution in [2.45, 2.75) is 43.3 Å². The Bertz CT molecular complexity index is 750. The zero-order valence-corrected chi connectivity index (χ0v) is 15.4. The maximum Gasteiger partial charge on any atom is 0.231 e. The number of rotatable bonds is 3. The summed E-state index contributed by atoms with van der Waals surface area (Å²) in [6.07, 6.45) is 5.22. The molecule has 5 rings (SSSR count). The Morgan fingerprint density at radius 1 is 1.27 bits per heavy atom. The van der Waals surface area contributed by atoms with Gasteiger partial charge in [-0.15, -0.1) is 0 Å². The summed E-state index contributed by atoms with van der Waals surface area (Å²) < 4.78 is 29.3. The lowest BCUT2D eigenvalue weighted by molar-refractivity contribution is -0.189. The predicted molar refractivity (Wildman–Crippen MR) is 94.5 cm³/mol. The van der Waals surface area contributed by atoms with Crippen LogP contribution in [0, 0.1) is 0 Å². The Labute approximate surface area is 153 Å². The first kappa shape index (κ1) is 16.6. The van der Waals surface area contributed by atoms with Crippen molar-refractivity contribution in [1.29, 1.82) is 0 Å². The molecule has 0 amide bonds. The lowest BCUT2D eigenvalue weighted by atomic mass is 9.65. The van der Waals surface area contributed by atoms with E-state index in [1.54, 1.807) is 7.11 Å². The van der Waals surface area contributed by atoms with E-state index in [9.17, 15) is 0 Å². The van der Waals surface area contributed by atoms with E-state index in [-0.39, 0.29) is 30.7 Å². The van der Waals surface area contributed by atoms with Gasteiger partial charge < -0.3 is 23.7 Å². The average Bonchev–Trinajstić information content (AvgIpc) is 3.22. The molecule has 0 aromatic heterocycles. The Balaban J connectivity index is 1.70. The molecule has 5 atom stereocenters. The highest BCUT2D eigenvalue weighted by Gasteiger charge is 2.59. The molecule has 26 heavy (non-hydrogen) atoms. The Morgan fingerprint density at radius 2 is 2.08 bits per heavy atom. The van der Waals surface area contributed by atoms with Crippen LogP contribution >= 0.6 is 0 Å². The highest BCUT2D eigenvalue weighted by Crippen LogP contribution is 2.55. The van der Waals surface area contributed by atoms with Gasteiger partial charge in [-0.25, -0.2) is 0 Å². The quantitative estimate of drug-likeness (QED) is 0.773. The first-order valence-corrected chi connectivity index (χ1v) is 9.30. The van der Waals surface area contributed by atoms with Crippen LogP contribution in [0.5, 0.6) is 11.5 Å². The fourth-order valence-electron chi connectivity index (χ4n) is 5.08. The van der Waals surface area contributed by atoms with Gasteiger partial charge in [0.2, 0.25) is 6.79 Å². The van der Waals surface area contributed by atoms with E-state index in [2.05, 4.69) is 30.2 Å². The minimum absolute atomic E-state index is 0.0379. The number of methoxy groups -OCH3 is 1. The van der Waals surface area contributed by atoms with Crippen LogP contribution in [-0.2, 0) is 19.6 Å². The molecule has 1 aromatic rings. The van der Waals surface area contributed by atoms with Crippen LogP contribution < -0.4 is 9.47 Å². The third kappa shape index (κ3) is 2.13. The predicted octanol–water partition coefficient (Wildman–Crippen LogP) is 2.38. The van der Waals surface area contributed by atoms with Crippen LogP contribution in [-0.4, -0.2) is 57.3 Å². The lowest BCUT2D eigenvalue weighted by Gasteiger charge is -2.47. The fraction of sp³-hybridized carbons (Fsp3) is 0.600. The zero-order valence-electron chi connectivity index (χ0n) is 15.4. The Morgan fingerprint density at radius 3 is 2.85 bits per heavy atom. The van der Waals surface area contributed by atoms with E-state index in [4.69, 9.17) is 23.7 Å². The molecule has 1 saturated heterocycles. The van der Waals surface area contributed by atoms with Crippen LogP contribution in [0.2, 0.25) is 0 Å². The average molecular weight is 359 g/mol. The number of benzene rings is 1. The van der Waals surface area contributed by atoms with Crippen molar-refractivity contribution in [2.75, 3.05) is 34.1 Å². The van der Waals surface area contributed by atoms with Crippen LogP contribution in [0.25, 0.3) is 0 Å². The Kier molecular flexibility index (Phi) is 3.79. The van der Waals surface area contributed by atoms with E-state index in [0.717, 1.165) is 30.0 Å². The summed E-state index contributed by atoms with van der Waals surface area (Å²) in [4.78, 5) is 2.39. The normalized spacial score (nSPS) is 37.3. The van der Waals surface area contributed by atoms with Crippen molar-refractivity contribution >= 4 is 0 Å². The molecule has 0 N–H and O–H groups in total. The van der Waals surface area contributed by atoms with Crippen LogP contribution in [0.1, 0.15) is 30.8 Å². The molecule has 6 heteroatoms. The molecule has 140 valence electrons. The molecule has 1 spiro atoms.